The first-order chi connectivity index (χ1) is 66.9. The van der Waals surface area contributed by atoms with Gasteiger partial charge in [0, 0.05) is 41.0 Å². The van der Waals surface area contributed by atoms with Crippen molar-refractivity contribution in [3.63, 3.8) is 0 Å². The van der Waals surface area contributed by atoms with E-state index in [1.165, 1.54) is 6.92 Å². The highest BCUT2D eigenvalue weighted by atomic mass is 16.8. The van der Waals surface area contributed by atoms with Crippen LogP contribution in [0.15, 0.2) is 0 Å². The second-order valence-electron chi connectivity index (χ2n) is 35.7. The number of carboxylic acids is 1. The topological polar surface area (TPSA) is 995 Å². The van der Waals surface area contributed by atoms with Crippen LogP contribution in [0, 0.1) is 0 Å². The summed E-state index contributed by atoms with van der Waals surface area (Å²) >= 11 is 0. The number of amides is 5. The van der Waals surface area contributed by atoms with E-state index < -0.39 is 451 Å². The molecule has 10 aliphatic rings. The molecule has 822 valence electrons. The Morgan fingerprint density at radius 1 is 0.338 bits per heavy atom. The van der Waals surface area contributed by atoms with E-state index in [2.05, 4.69) is 26.6 Å². The summed E-state index contributed by atoms with van der Waals surface area (Å²) in [6, 6.07) is -9.90. The average Bonchev–Trinajstić information content (AvgIpc) is 0.752. The summed E-state index contributed by atoms with van der Waals surface area (Å²) in [5.41, 5.74) is 0. The van der Waals surface area contributed by atoms with Crippen LogP contribution in [-0.2, 0) is 124 Å². The molecule has 0 unspecified atom stereocenters. The molecule has 0 radical (unpaired) electrons. The van der Waals surface area contributed by atoms with Gasteiger partial charge >= 0.3 is 5.97 Å². The third kappa shape index (κ3) is 26.8. The number of carbonyl (C=O) groups is 6. The molecule has 37 N–H and O–H groups in total. The number of aliphatic hydroxyl groups excluding tert-OH is 31. The Kier molecular flexibility index (Phi) is 43.5. The third-order valence-electron chi connectivity index (χ3n) is 25.6. The minimum absolute atomic E-state index is 0.834. The van der Waals surface area contributed by atoms with Crippen molar-refractivity contribution < 1.29 is 287 Å². The van der Waals surface area contributed by atoms with Gasteiger partial charge in [0.1, 0.15) is 250 Å². The zero-order valence-electron chi connectivity index (χ0n) is 76.6. The number of carbonyl (C=O) groups excluding carboxylic acids is 5. The molecule has 10 aliphatic heterocycles. The second kappa shape index (κ2) is 52.0. The Morgan fingerprint density at radius 2 is 0.704 bits per heavy atom. The van der Waals surface area contributed by atoms with Crippen LogP contribution in [-0.4, -0.2) is 608 Å². The predicted octanol–water partition coefficient (Wildman–Crippen LogP) is -24.4. The first kappa shape index (κ1) is 119. The summed E-state index contributed by atoms with van der Waals surface area (Å²) in [5.74, 6) is -10.5. The van der Waals surface area contributed by atoms with E-state index in [9.17, 15) is 192 Å². The summed E-state index contributed by atoms with van der Waals surface area (Å²) in [4.78, 5) is 77.8. The lowest BCUT2D eigenvalue weighted by Crippen LogP contribution is -2.71. The fourth-order valence-electron chi connectivity index (χ4n) is 18.0. The van der Waals surface area contributed by atoms with Crippen LogP contribution in [0.5, 0.6) is 0 Å². The Hall–Kier alpha value is -5.22. The molecule has 142 heavy (non-hydrogen) atoms. The summed E-state index contributed by atoms with van der Waals surface area (Å²) < 4.78 is 119. The van der Waals surface area contributed by atoms with Gasteiger partial charge < -0.3 is 285 Å². The van der Waals surface area contributed by atoms with Crippen molar-refractivity contribution in [1.82, 2.24) is 26.6 Å². The number of aliphatic hydroxyl groups is 31. The van der Waals surface area contributed by atoms with E-state index in [1.54, 1.807) is 0 Å². The minimum atomic E-state index is -3.35. The van der Waals surface area contributed by atoms with Gasteiger partial charge in [-0.2, -0.15) is 0 Å². The summed E-state index contributed by atoms with van der Waals surface area (Å²) in [6.07, 6.45) is -110. The highest BCUT2D eigenvalue weighted by Gasteiger charge is 2.64. The molecule has 0 aliphatic carbocycles. The van der Waals surface area contributed by atoms with Gasteiger partial charge in [-0.1, -0.05) is 0 Å². The van der Waals surface area contributed by atoms with E-state index >= 15 is 0 Å². The third-order valence-corrected chi connectivity index (χ3v) is 25.6. The molecule has 0 aromatic rings. The molecule has 10 fully saturated rings. The molecular weight excluding hydrogens is 1950 g/mol. The normalized spacial score (nSPS) is 45.7. The van der Waals surface area contributed by atoms with E-state index in [4.69, 9.17) is 94.7 Å². The van der Waals surface area contributed by atoms with Crippen molar-refractivity contribution in [2.45, 2.75) is 385 Å². The number of hydrogen-bond donors (Lipinski definition) is 37. The maximum atomic E-state index is 13.4. The Morgan fingerprint density at radius 3 is 1.15 bits per heavy atom. The van der Waals surface area contributed by atoms with Crippen LogP contribution >= 0.6 is 0 Å². The maximum absolute atomic E-state index is 13.4. The molecule has 5 amide bonds. The van der Waals surface area contributed by atoms with Gasteiger partial charge in [-0.3, -0.25) is 24.0 Å². The van der Waals surface area contributed by atoms with E-state index in [1.807, 2.05) is 0 Å². The van der Waals surface area contributed by atoms with Crippen LogP contribution in [0.3, 0.4) is 0 Å². The zero-order valence-corrected chi connectivity index (χ0v) is 76.6. The fraction of sp³-hybridized carbons (Fsp3) is 0.924. The molecule has 10 rings (SSSR count). The number of aliphatic carboxylic acids is 1. The molecule has 63 nitrogen and oxygen atoms in total. The van der Waals surface area contributed by atoms with Crippen molar-refractivity contribution in [2.75, 3.05) is 72.7 Å². The van der Waals surface area contributed by atoms with Crippen molar-refractivity contribution in [2.24, 2.45) is 0 Å². The van der Waals surface area contributed by atoms with Crippen molar-refractivity contribution >= 4 is 35.5 Å². The quantitative estimate of drug-likeness (QED) is 0.0270. The lowest BCUT2D eigenvalue weighted by molar-refractivity contribution is -0.400. The Labute approximate surface area is 804 Å². The van der Waals surface area contributed by atoms with Crippen molar-refractivity contribution in [1.29, 1.82) is 0 Å². The summed E-state index contributed by atoms with van der Waals surface area (Å²) in [5, 5.41) is 372. The lowest BCUT2D eigenvalue weighted by Gasteiger charge is -2.51. The standard InChI is InChI=1S/C79H133N5O58/c1-19-41(102)52(113)56(117)72(125-19)123-17-28(101)60(42(103)25(8-85)80-20(2)94)134-69-38(82-22(4)96)49(110)62(34(15-92)130-69)136-74-58(119)65(48(109)36(133-74)18-124-76-67(54(115)45(106)30(11-88)128-76)139-70-39(83-23(5)97)50(111)61(33(14-91)131-70)135-73-57(118)53(114)44(105)29(10-87)126-73)138-77-68(55(116)46(107)31(12-89)129-77)140-71-40(84-24(6)98)51(112)63(35(16-93)132-71)137-75-59(120)66(47(108)32(13-90)127-75)142-79(78(121)122)7-26(99)37(81-21(3)95)64(141-79)43(104)27(100)9-86/h19,25-77,85-93,99-120H,7-18H2,1-6H3,(H,80,94)(H,81,95)(H,82,96)(H,83,97)(H,84,98)(H,121,122)/t19-,25-,26-,27+,28+,29+,30+,31+,32+,33+,34+,35+,36+,37+,38+,39+,40+,41+,42+,43+,44-,45+,46+,47-,48+,49+,50+,51+,52+,53-,54-,55-,56-,57+,58-,59+,60+,61+,62+,63+,64+,65-,66-,67-,68-,69-,70-,71-,72+,73-,74-,75-,76-,77+,79-/m0/s1. The predicted molar refractivity (Wildman–Crippen MR) is 438 cm³/mol. The average molecular weight is 2080 g/mol. The van der Waals surface area contributed by atoms with Gasteiger partial charge in [0.15, 0.2) is 56.6 Å². The SMILES string of the molecule is CC(=O)N[C@H]1[C@H](O[C@@H]([C@H](O)[C@H](CO)NC(C)=O)[C@H](O)CO[C@@H]2O[C@@H](C)[C@@H](O)[C@@H](O)[C@@H]2O)O[C@H](CO)[C@@H](O[C@@H]2O[C@H](CO[C@H]3O[C@H](CO)[C@@H](O)[C@H](O)[C@@H]3O[C@@H]3O[C@H](CO)[C@@H](O[C@@H]4O[C@H](CO)[C@H](O)[C@H](O)[C@H]4O)[C@H](O)[C@H]3NC(C)=O)[C@@H](O)[C@H](O[C@H]3O[C@H](CO)[C@@H](O)[C@H](O)[C@@H]3O[C@@H]3O[C@H](CO)[C@@H](O[C@@H]4O[C@H](CO)[C@H](O)[C@H](O[C@]5(C(=O)O)C[C@H](O)[C@@H](NC(C)=O)[C@H]([C@H](O)[C@H](O)CO)O5)[C@H]4O)[C@H](O)[C@H]3NC(C)=O)[C@@H]2O)[C@@H]1O. The first-order valence-corrected chi connectivity index (χ1v) is 45.1. The monoisotopic (exact) mass is 2080 g/mol. The largest absolute Gasteiger partial charge is 0.477 e. The fourth-order valence-corrected chi connectivity index (χ4v) is 18.0. The number of ether oxygens (including phenoxy) is 20. The van der Waals surface area contributed by atoms with Gasteiger partial charge in [0.05, 0.1) is 97.0 Å². The molecule has 0 aromatic carbocycles. The van der Waals surface area contributed by atoms with Crippen LogP contribution < -0.4 is 26.6 Å². The number of carboxylic acid groups (broad SMARTS) is 1. The Balaban J connectivity index is 0.991. The van der Waals surface area contributed by atoms with Gasteiger partial charge in [0.2, 0.25) is 29.5 Å². The molecule has 10 saturated heterocycles. The van der Waals surface area contributed by atoms with Gasteiger partial charge in [-0.15, -0.1) is 0 Å². The summed E-state index contributed by atoms with van der Waals surface area (Å²) in [7, 11) is 0. The molecule has 55 atom stereocenters. The minimum Gasteiger partial charge on any atom is -0.477 e. The molecule has 63 heteroatoms. The van der Waals surface area contributed by atoms with Crippen molar-refractivity contribution in [3.05, 3.63) is 0 Å². The molecular formula is C79H133N5O58. The van der Waals surface area contributed by atoms with Crippen LogP contribution in [0.4, 0.5) is 0 Å². The van der Waals surface area contributed by atoms with Gasteiger partial charge in [-0.25, -0.2) is 4.79 Å². The molecule has 0 aromatic heterocycles. The maximum Gasteiger partial charge on any atom is 0.364 e. The Bertz CT molecular complexity index is 3950. The van der Waals surface area contributed by atoms with Crippen LogP contribution in [0.25, 0.3) is 0 Å². The highest BCUT2D eigenvalue weighted by Crippen LogP contribution is 2.43. The van der Waals surface area contributed by atoms with Crippen molar-refractivity contribution in [3.8, 4) is 0 Å². The zero-order chi connectivity index (χ0) is 105. The van der Waals surface area contributed by atoms with E-state index in [0.717, 1.165) is 34.6 Å². The van der Waals surface area contributed by atoms with E-state index in [0.29, 0.717) is 0 Å². The first-order valence-electron chi connectivity index (χ1n) is 45.1. The lowest BCUT2D eigenvalue weighted by atomic mass is 9.88. The van der Waals surface area contributed by atoms with Gasteiger partial charge in [-0.05, 0) is 6.92 Å². The molecule has 0 spiro atoms. The molecule has 0 bridgehead atoms. The number of rotatable bonds is 42. The number of hydrogen-bond acceptors (Lipinski definition) is 57. The van der Waals surface area contributed by atoms with Crippen LogP contribution in [0.2, 0.25) is 0 Å². The van der Waals surface area contributed by atoms with E-state index in [-0.39, 0.29) is 0 Å². The summed E-state index contributed by atoms with van der Waals surface area (Å²) in [6.45, 7) is -7.67. The van der Waals surface area contributed by atoms with Gasteiger partial charge in [0.25, 0.3) is 5.79 Å². The number of nitrogens with one attached hydrogen (secondary N) is 5. The molecule has 10 heterocycles. The molecule has 0 saturated carbocycles. The highest BCUT2D eigenvalue weighted by molar-refractivity contribution is 5.77. The second-order valence-corrected chi connectivity index (χ2v) is 35.7. The van der Waals surface area contributed by atoms with Crippen LogP contribution in [0.1, 0.15) is 48.0 Å². The smallest absolute Gasteiger partial charge is 0.364 e.